The van der Waals surface area contributed by atoms with E-state index in [-0.39, 0.29) is 0 Å². The number of aryl methyl sites for hydroxylation is 2. The number of hydrogen-bond donors (Lipinski definition) is 0. The lowest BCUT2D eigenvalue weighted by Crippen LogP contribution is -2.01. The second-order valence-corrected chi connectivity index (χ2v) is 6.25. The largest absolute Gasteiger partial charge is 0.492 e. The second kappa shape index (κ2) is 7.33. The molecule has 0 aliphatic heterocycles. The Bertz CT molecular complexity index is 769. The van der Waals surface area contributed by atoms with Crippen molar-refractivity contribution < 1.29 is 9.15 Å². The van der Waals surface area contributed by atoms with E-state index >= 15 is 0 Å². The van der Waals surface area contributed by atoms with Crippen molar-refractivity contribution in [2.45, 2.75) is 19.1 Å². The quantitative estimate of drug-likeness (QED) is 0.492. The fraction of sp³-hybridized carbons (Fsp3) is 0.222. The summed E-state index contributed by atoms with van der Waals surface area (Å²) in [5.41, 5.74) is 3.28. The Hall–Kier alpha value is -2.27. The van der Waals surface area contributed by atoms with Crippen LogP contribution in [0.5, 0.6) is 5.75 Å². The van der Waals surface area contributed by atoms with Gasteiger partial charge in [0.15, 0.2) is 0 Å². The Kier molecular flexibility index (Phi) is 4.98. The van der Waals surface area contributed by atoms with Crippen molar-refractivity contribution in [2.24, 2.45) is 0 Å². The molecule has 0 radical (unpaired) electrons. The molecule has 4 nitrogen and oxygen atoms in total. The van der Waals surface area contributed by atoms with Gasteiger partial charge in [0, 0.05) is 11.3 Å². The first-order valence-electron chi connectivity index (χ1n) is 7.44. The maximum Gasteiger partial charge on any atom is 0.276 e. The monoisotopic (exact) mass is 326 g/mol. The summed E-state index contributed by atoms with van der Waals surface area (Å²) in [5, 5.41) is 8.72. The predicted octanol–water partition coefficient (Wildman–Crippen LogP) is 4.52. The van der Waals surface area contributed by atoms with Crippen LogP contribution in [0.2, 0.25) is 0 Å². The van der Waals surface area contributed by atoms with Gasteiger partial charge in [0.05, 0.1) is 6.61 Å². The summed E-state index contributed by atoms with van der Waals surface area (Å²) in [6, 6.07) is 16.0. The standard InChI is InChI=1S/C18H18N2O2S/c1-13-7-9-15(10-8-13)17-19-20-18(22-17)23-12-11-21-16-6-4-3-5-14(16)2/h3-10H,11-12H2,1-2H3. The van der Waals surface area contributed by atoms with E-state index in [1.807, 2.05) is 62.4 Å². The first kappa shape index (κ1) is 15.6. The summed E-state index contributed by atoms with van der Waals surface area (Å²) in [6.07, 6.45) is 0. The number of para-hydroxylation sites is 1. The summed E-state index contributed by atoms with van der Waals surface area (Å²) < 4.78 is 11.4. The fourth-order valence-corrected chi connectivity index (χ4v) is 2.66. The number of rotatable bonds is 6. The zero-order valence-electron chi connectivity index (χ0n) is 13.2. The zero-order chi connectivity index (χ0) is 16.1. The molecular formula is C18H18N2O2S. The van der Waals surface area contributed by atoms with Crippen molar-refractivity contribution in [2.75, 3.05) is 12.4 Å². The molecule has 3 rings (SSSR count). The van der Waals surface area contributed by atoms with Crippen LogP contribution in [0.4, 0.5) is 0 Å². The van der Waals surface area contributed by atoms with Crippen LogP contribution in [0.1, 0.15) is 11.1 Å². The Morgan fingerprint density at radius 3 is 2.57 bits per heavy atom. The van der Waals surface area contributed by atoms with Gasteiger partial charge in [-0.3, -0.25) is 0 Å². The molecule has 2 aromatic carbocycles. The Morgan fingerprint density at radius 1 is 1.00 bits per heavy atom. The van der Waals surface area contributed by atoms with E-state index < -0.39 is 0 Å². The number of benzene rings is 2. The Morgan fingerprint density at radius 2 is 1.78 bits per heavy atom. The van der Waals surface area contributed by atoms with Crippen LogP contribution in [0.25, 0.3) is 11.5 Å². The summed E-state index contributed by atoms with van der Waals surface area (Å²) in [4.78, 5) is 0. The van der Waals surface area contributed by atoms with Gasteiger partial charge in [0.1, 0.15) is 5.75 Å². The lowest BCUT2D eigenvalue weighted by atomic mass is 10.1. The van der Waals surface area contributed by atoms with Gasteiger partial charge < -0.3 is 9.15 Å². The second-order valence-electron chi connectivity index (χ2n) is 5.20. The highest BCUT2D eigenvalue weighted by atomic mass is 32.2. The topological polar surface area (TPSA) is 48.2 Å². The number of nitrogens with zero attached hydrogens (tertiary/aromatic N) is 2. The maximum atomic E-state index is 5.75. The first-order valence-corrected chi connectivity index (χ1v) is 8.43. The van der Waals surface area contributed by atoms with Crippen molar-refractivity contribution in [3.05, 3.63) is 59.7 Å². The Labute approximate surface area is 139 Å². The van der Waals surface area contributed by atoms with Gasteiger partial charge in [-0.05, 0) is 37.6 Å². The SMILES string of the molecule is Cc1ccc(-c2nnc(SCCOc3ccccc3C)o2)cc1. The smallest absolute Gasteiger partial charge is 0.276 e. The van der Waals surface area contributed by atoms with Crippen LogP contribution in [-0.2, 0) is 0 Å². The molecule has 0 aliphatic rings. The summed E-state index contributed by atoms with van der Waals surface area (Å²) in [6.45, 7) is 4.68. The predicted molar refractivity (Wildman–Crippen MR) is 91.9 cm³/mol. The minimum atomic E-state index is 0.548. The summed E-state index contributed by atoms with van der Waals surface area (Å²) in [7, 11) is 0. The molecule has 5 heteroatoms. The van der Waals surface area contributed by atoms with Gasteiger partial charge >= 0.3 is 0 Å². The van der Waals surface area contributed by atoms with Crippen molar-refractivity contribution in [1.82, 2.24) is 10.2 Å². The molecule has 23 heavy (non-hydrogen) atoms. The highest BCUT2D eigenvalue weighted by Crippen LogP contribution is 2.23. The first-order chi connectivity index (χ1) is 11.2. The molecule has 0 aliphatic carbocycles. The van der Waals surface area contributed by atoms with Gasteiger partial charge in [0.25, 0.3) is 5.22 Å². The number of hydrogen-bond acceptors (Lipinski definition) is 5. The van der Waals surface area contributed by atoms with Gasteiger partial charge in [-0.1, -0.05) is 47.7 Å². The average molecular weight is 326 g/mol. The van der Waals surface area contributed by atoms with E-state index in [9.17, 15) is 0 Å². The molecule has 0 N–H and O–H groups in total. The highest BCUT2D eigenvalue weighted by molar-refractivity contribution is 7.99. The lowest BCUT2D eigenvalue weighted by Gasteiger charge is -2.07. The highest BCUT2D eigenvalue weighted by Gasteiger charge is 2.09. The third-order valence-corrected chi connectivity index (χ3v) is 4.15. The minimum Gasteiger partial charge on any atom is -0.492 e. The maximum absolute atomic E-state index is 5.75. The van der Waals surface area contributed by atoms with Crippen LogP contribution < -0.4 is 4.74 Å². The average Bonchev–Trinajstić information content (AvgIpc) is 3.03. The van der Waals surface area contributed by atoms with Crippen LogP contribution in [0.3, 0.4) is 0 Å². The molecule has 0 saturated carbocycles. The Balaban J connectivity index is 1.52. The minimum absolute atomic E-state index is 0.548. The molecule has 0 bridgehead atoms. The molecule has 0 fully saturated rings. The molecule has 0 saturated heterocycles. The van der Waals surface area contributed by atoms with E-state index in [0.29, 0.717) is 17.7 Å². The van der Waals surface area contributed by atoms with E-state index in [0.717, 1.165) is 22.6 Å². The number of ether oxygens (including phenoxy) is 1. The molecule has 1 heterocycles. The molecular weight excluding hydrogens is 308 g/mol. The van der Waals surface area contributed by atoms with Crippen molar-refractivity contribution in [3.8, 4) is 17.2 Å². The number of thioether (sulfide) groups is 1. The summed E-state index contributed by atoms with van der Waals surface area (Å²) >= 11 is 1.50. The van der Waals surface area contributed by atoms with Crippen molar-refractivity contribution >= 4 is 11.8 Å². The molecule has 3 aromatic rings. The molecule has 0 unspecified atom stereocenters. The number of aromatic nitrogens is 2. The normalized spacial score (nSPS) is 10.7. The molecule has 0 spiro atoms. The van der Waals surface area contributed by atoms with Crippen LogP contribution >= 0.6 is 11.8 Å². The van der Waals surface area contributed by atoms with E-state index in [1.54, 1.807) is 0 Å². The van der Waals surface area contributed by atoms with Crippen LogP contribution in [0.15, 0.2) is 58.2 Å². The van der Waals surface area contributed by atoms with Gasteiger partial charge in [-0.2, -0.15) is 0 Å². The van der Waals surface area contributed by atoms with E-state index in [2.05, 4.69) is 10.2 Å². The van der Waals surface area contributed by atoms with Crippen LogP contribution in [0, 0.1) is 13.8 Å². The van der Waals surface area contributed by atoms with Crippen molar-refractivity contribution in [1.29, 1.82) is 0 Å². The van der Waals surface area contributed by atoms with Gasteiger partial charge in [-0.25, -0.2) is 0 Å². The summed E-state index contributed by atoms with van der Waals surface area (Å²) in [5.74, 6) is 2.22. The van der Waals surface area contributed by atoms with Crippen LogP contribution in [-0.4, -0.2) is 22.6 Å². The molecule has 0 atom stereocenters. The van der Waals surface area contributed by atoms with Crippen molar-refractivity contribution in [3.63, 3.8) is 0 Å². The van der Waals surface area contributed by atoms with Gasteiger partial charge in [0.2, 0.25) is 5.89 Å². The van der Waals surface area contributed by atoms with Gasteiger partial charge in [-0.15, -0.1) is 10.2 Å². The lowest BCUT2D eigenvalue weighted by molar-refractivity contribution is 0.341. The molecule has 1 aromatic heterocycles. The van der Waals surface area contributed by atoms with E-state index in [1.165, 1.54) is 17.3 Å². The molecule has 0 amide bonds. The molecule has 118 valence electrons. The third-order valence-electron chi connectivity index (χ3n) is 3.37. The zero-order valence-corrected chi connectivity index (χ0v) is 14.0. The third kappa shape index (κ3) is 4.13. The fourth-order valence-electron chi connectivity index (χ4n) is 2.08. The van der Waals surface area contributed by atoms with E-state index in [4.69, 9.17) is 9.15 Å².